The van der Waals surface area contributed by atoms with Crippen LogP contribution >= 0.6 is 23.5 Å². The van der Waals surface area contributed by atoms with Gasteiger partial charge < -0.3 is 5.11 Å². The van der Waals surface area contributed by atoms with E-state index >= 15 is 0 Å². The first-order valence-electron chi connectivity index (χ1n) is 4.97. The maximum atomic E-state index is 10.7. The molecule has 0 aromatic carbocycles. The maximum Gasteiger partial charge on any atom is 0.338 e. The molecule has 1 fully saturated rings. The van der Waals surface area contributed by atoms with Gasteiger partial charge in [0.15, 0.2) is 0 Å². The van der Waals surface area contributed by atoms with Crippen molar-refractivity contribution in [3.63, 3.8) is 0 Å². The summed E-state index contributed by atoms with van der Waals surface area (Å²) in [5, 5.41) is 9.51. The summed E-state index contributed by atoms with van der Waals surface area (Å²) in [7, 11) is 0. The van der Waals surface area contributed by atoms with Crippen molar-refractivity contribution in [2.45, 2.75) is 17.4 Å². The fraction of sp³-hybridized carbons (Fsp3) is 0.500. The van der Waals surface area contributed by atoms with E-state index in [1.165, 1.54) is 12.4 Å². The molecule has 0 spiro atoms. The molecule has 0 aliphatic carbocycles. The second-order valence-electron chi connectivity index (χ2n) is 3.50. The third kappa shape index (κ3) is 2.49. The summed E-state index contributed by atoms with van der Waals surface area (Å²) >= 11 is 3.76. The van der Waals surface area contributed by atoms with E-state index in [4.69, 9.17) is 5.11 Å². The summed E-state index contributed by atoms with van der Waals surface area (Å²) < 4.78 is 0. The molecule has 1 aromatic heterocycles. The predicted molar refractivity (Wildman–Crippen MR) is 66.1 cm³/mol. The molecule has 0 bridgehead atoms. The number of carboxylic acids is 1. The van der Waals surface area contributed by atoms with Crippen molar-refractivity contribution >= 4 is 29.5 Å². The normalized spacial score (nSPS) is 25.3. The van der Waals surface area contributed by atoms with E-state index in [1.807, 2.05) is 23.5 Å². The highest BCUT2D eigenvalue weighted by Crippen LogP contribution is 2.40. The summed E-state index contributed by atoms with van der Waals surface area (Å²) in [5.74, 6) is 2.03. The fourth-order valence-corrected chi connectivity index (χ4v) is 4.22. The van der Waals surface area contributed by atoms with Crippen molar-refractivity contribution in [2.24, 2.45) is 0 Å². The number of hydrogen-bond donors (Lipinski definition) is 1. The van der Waals surface area contributed by atoms with E-state index in [1.54, 1.807) is 0 Å². The number of carbonyl (C=O) groups is 1. The standard InChI is InChI=1S/C10H12N2O2S2/c1-6-8(16-3-2-15-6)9-11-4-7(5-12-9)10(13)14/h4-6,8H,2-3H2,1H3,(H,13,14). The second-order valence-corrected chi connectivity index (χ2v) is 6.24. The fourth-order valence-electron chi connectivity index (χ4n) is 1.51. The molecule has 0 radical (unpaired) electrons. The Hall–Kier alpha value is -0.750. The monoisotopic (exact) mass is 256 g/mol. The van der Waals surface area contributed by atoms with E-state index in [2.05, 4.69) is 16.9 Å². The summed E-state index contributed by atoms with van der Waals surface area (Å²) in [4.78, 5) is 19.0. The van der Waals surface area contributed by atoms with Crippen molar-refractivity contribution in [3.8, 4) is 0 Å². The smallest absolute Gasteiger partial charge is 0.338 e. The average Bonchev–Trinajstić information content (AvgIpc) is 2.30. The lowest BCUT2D eigenvalue weighted by Crippen LogP contribution is -2.18. The molecule has 4 nitrogen and oxygen atoms in total. The van der Waals surface area contributed by atoms with Crippen LogP contribution in [0, 0.1) is 0 Å². The van der Waals surface area contributed by atoms with Crippen LogP contribution in [0.2, 0.25) is 0 Å². The van der Waals surface area contributed by atoms with Gasteiger partial charge in [-0.2, -0.15) is 11.8 Å². The predicted octanol–water partition coefficient (Wildman–Crippen LogP) is 2.08. The average molecular weight is 256 g/mol. The zero-order valence-corrected chi connectivity index (χ0v) is 10.4. The van der Waals surface area contributed by atoms with Crippen molar-refractivity contribution in [1.29, 1.82) is 0 Å². The van der Waals surface area contributed by atoms with Crippen molar-refractivity contribution in [1.82, 2.24) is 9.97 Å². The summed E-state index contributed by atoms with van der Waals surface area (Å²) in [6.45, 7) is 2.16. The highest BCUT2D eigenvalue weighted by atomic mass is 32.2. The quantitative estimate of drug-likeness (QED) is 0.874. The first-order valence-corrected chi connectivity index (χ1v) is 7.06. The van der Waals surface area contributed by atoms with Crippen LogP contribution in [0.3, 0.4) is 0 Å². The molecule has 2 rings (SSSR count). The first kappa shape index (κ1) is 11.7. The van der Waals surface area contributed by atoms with Crippen LogP contribution in [0.25, 0.3) is 0 Å². The van der Waals surface area contributed by atoms with Crippen LogP contribution in [0.15, 0.2) is 12.4 Å². The third-order valence-corrected chi connectivity index (χ3v) is 5.45. The maximum absolute atomic E-state index is 10.7. The molecule has 2 heterocycles. The van der Waals surface area contributed by atoms with Crippen molar-refractivity contribution < 1.29 is 9.90 Å². The lowest BCUT2D eigenvalue weighted by atomic mass is 10.3. The van der Waals surface area contributed by atoms with Crippen molar-refractivity contribution in [2.75, 3.05) is 11.5 Å². The number of nitrogens with zero attached hydrogens (tertiary/aromatic N) is 2. The summed E-state index contributed by atoms with van der Waals surface area (Å²) in [6, 6.07) is 0. The van der Waals surface area contributed by atoms with Gasteiger partial charge in [-0.1, -0.05) is 6.92 Å². The first-order chi connectivity index (χ1) is 7.68. The van der Waals surface area contributed by atoms with Gasteiger partial charge >= 0.3 is 5.97 Å². The molecule has 2 unspecified atom stereocenters. The number of carboxylic acid groups (broad SMARTS) is 1. The number of aromatic nitrogens is 2. The van der Waals surface area contributed by atoms with E-state index < -0.39 is 5.97 Å². The van der Waals surface area contributed by atoms with Gasteiger partial charge in [0.25, 0.3) is 0 Å². The largest absolute Gasteiger partial charge is 0.478 e. The van der Waals surface area contributed by atoms with Crippen LogP contribution in [-0.2, 0) is 0 Å². The molecular weight excluding hydrogens is 244 g/mol. The Bertz CT molecular complexity index is 383. The lowest BCUT2D eigenvalue weighted by Gasteiger charge is -2.26. The lowest BCUT2D eigenvalue weighted by molar-refractivity contribution is 0.0696. The van der Waals surface area contributed by atoms with Crippen molar-refractivity contribution in [3.05, 3.63) is 23.8 Å². The Kier molecular flexibility index (Phi) is 3.70. The van der Waals surface area contributed by atoms with Crippen LogP contribution in [0.4, 0.5) is 0 Å². The second kappa shape index (κ2) is 5.05. The highest BCUT2D eigenvalue weighted by Gasteiger charge is 2.26. The Morgan fingerprint density at radius 2 is 2.00 bits per heavy atom. The van der Waals surface area contributed by atoms with E-state index in [0.29, 0.717) is 5.25 Å². The molecule has 86 valence electrons. The molecule has 1 aliphatic rings. The Morgan fingerprint density at radius 1 is 1.38 bits per heavy atom. The van der Waals surface area contributed by atoms with Gasteiger partial charge in [0.2, 0.25) is 0 Å². The molecule has 1 aliphatic heterocycles. The van der Waals surface area contributed by atoms with Crippen LogP contribution in [0.1, 0.15) is 28.4 Å². The van der Waals surface area contributed by atoms with Gasteiger partial charge in [-0.3, -0.25) is 0 Å². The van der Waals surface area contributed by atoms with E-state index in [-0.39, 0.29) is 10.8 Å². The molecule has 1 aromatic rings. The van der Waals surface area contributed by atoms with Gasteiger partial charge in [-0.05, 0) is 0 Å². The van der Waals surface area contributed by atoms with Gasteiger partial charge in [0, 0.05) is 29.1 Å². The Balaban J connectivity index is 2.17. The minimum Gasteiger partial charge on any atom is -0.478 e. The molecule has 0 amide bonds. The van der Waals surface area contributed by atoms with Gasteiger partial charge in [-0.15, -0.1) is 11.8 Å². The molecule has 1 N–H and O–H groups in total. The Morgan fingerprint density at radius 3 is 2.56 bits per heavy atom. The van der Waals surface area contributed by atoms with Crippen LogP contribution < -0.4 is 0 Å². The Labute approximate surface area is 102 Å². The molecule has 0 saturated carbocycles. The molecule has 6 heteroatoms. The third-order valence-electron chi connectivity index (χ3n) is 2.36. The van der Waals surface area contributed by atoms with Gasteiger partial charge in [-0.25, -0.2) is 14.8 Å². The van der Waals surface area contributed by atoms with Crippen LogP contribution in [0.5, 0.6) is 0 Å². The molecule has 16 heavy (non-hydrogen) atoms. The highest BCUT2D eigenvalue weighted by molar-refractivity contribution is 8.06. The molecule has 1 saturated heterocycles. The van der Waals surface area contributed by atoms with Gasteiger partial charge in [0.1, 0.15) is 5.82 Å². The van der Waals surface area contributed by atoms with Crippen LogP contribution in [-0.4, -0.2) is 37.8 Å². The summed E-state index contributed by atoms with van der Waals surface area (Å²) in [6.07, 6.45) is 2.77. The molecule has 2 atom stereocenters. The minimum absolute atomic E-state index is 0.143. The zero-order chi connectivity index (χ0) is 11.5. The van der Waals surface area contributed by atoms with E-state index in [9.17, 15) is 4.79 Å². The SMILES string of the molecule is CC1SCCSC1c1ncc(C(=O)O)cn1. The topological polar surface area (TPSA) is 63.1 Å². The number of aromatic carboxylic acids is 1. The minimum atomic E-state index is -0.981. The number of thioether (sulfide) groups is 2. The van der Waals surface area contributed by atoms with E-state index in [0.717, 1.165) is 17.3 Å². The number of hydrogen-bond acceptors (Lipinski definition) is 5. The zero-order valence-electron chi connectivity index (χ0n) is 8.79. The number of rotatable bonds is 2. The molecular formula is C10H12N2O2S2. The van der Waals surface area contributed by atoms with Gasteiger partial charge in [0.05, 0.1) is 10.8 Å². The summed E-state index contributed by atoms with van der Waals surface area (Å²) in [5.41, 5.74) is 0.143.